The van der Waals surface area contributed by atoms with Crippen LogP contribution in [0.2, 0.25) is 0 Å². The SMILES string of the molecule is CNCCC#Cc1ccc(O)cn1. The molecule has 0 aliphatic rings. The van der Waals surface area contributed by atoms with E-state index in [1.54, 1.807) is 12.1 Å². The van der Waals surface area contributed by atoms with Gasteiger partial charge in [-0.1, -0.05) is 5.92 Å². The molecule has 0 aromatic carbocycles. The van der Waals surface area contributed by atoms with Crippen molar-refractivity contribution >= 4 is 0 Å². The largest absolute Gasteiger partial charge is 0.506 e. The summed E-state index contributed by atoms with van der Waals surface area (Å²) in [6, 6.07) is 3.27. The molecule has 0 saturated carbocycles. The van der Waals surface area contributed by atoms with Gasteiger partial charge in [-0.3, -0.25) is 0 Å². The van der Waals surface area contributed by atoms with Crippen LogP contribution in [0.5, 0.6) is 5.75 Å². The van der Waals surface area contributed by atoms with Gasteiger partial charge in [0, 0.05) is 13.0 Å². The molecule has 1 aromatic rings. The number of aromatic nitrogens is 1. The van der Waals surface area contributed by atoms with E-state index in [9.17, 15) is 0 Å². The Labute approximate surface area is 77.8 Å². The van der Waals surface area contributed by atoms with Crippen LogP contribution in [0.3, 0.4) is 0 Å². The lowest BCUT2D eigenvalue weighted by Crippen LogP contribution is -2.05. The Kier molecular flexibility index (Phi) is 3.80. The highest BCUT2D eigenvalue weighted by Crippen LogP contribution is 2.04. The molecule has 3 nitrogen and oxygen atoms in total. The lowest BCUT2D eigenvalue weighted by atomic mass is 10.3. The zero-order valence-corrected chi connectivity index (χ0v) is 7.54. The molecule has 3 heteroatoms. The summed E-state index contributed by atoms with van der Waals surface area (Å²) in [7, 11) is 1.89. The molecule has 0 spiro atoms. The third-order valence-electron chi connectivity index (χ3n) is 1.46. The molecule has 0 amide bonds. The second-order valence-corrected chi connectivity index (χ2v) is 2.56. The smallest absolute Gasteiger partial charge is 0.133 e. The first-order valence-electron chi connectivity index (χ1n) is 4.11. The molecule has 0 atom stereocenters. The maximum absolute atomic E-state index is 8.95. The van der Waals surface area contributed by atoms with Gasteiger partial charge in [-0.2, -0.15) is 0 Å². The monoisotopic (exact) mass is 176 g/mol. The van der Waals surface area contributed by atoms with Crippen LogP contribution in [0.4, 0.5) is 0 Å². The first-order chi connectivity index (χ1) is 6.33. The molecular weight excluding hydrogens is 164 g/mol. The van der Waals surface area contributed by atoms with Gasteiger partial charge < -0.3 is 10.4 Å². The van der Waals surface area contributed by atoms with E-state index in [1.165, 1.54) is 6.20 Å². The number of pyridine rings is 1. The molecule has 2 N–H and O–H groups in total. The Hall–Kier alpha value is -1.53. The van der Waals surface area contributed by atoms with Crippen molar-refractivity contribution in [1.29, 1.82) is 0 Å². The molecule has 0 aliphatic heterocycles. The molecule has 0 saturated heterocycles. The number of rotatable bonds is 2. The molecule has 0 aliphatic carbocycles. The van der Waals surface area contributed by atoms with Crippen molar-refractivity contribution in [3.05, 3.63) is 24.0 Å². The van der Waals surface area contributed by atoms with E-state index >= 15 is 0 Å². The molecule has 0 fully saturated rings. The summed E-state index contributed by atoms with van der Waals surface area (Å²) >= 11 is 0. The molecule has 1 rings (SSSR count). The average molecular weight is 176 g/mol. The van der Waals surface area contributed by atoms with Crippen molar-refractivity contribution in [2.75, 3.05) is 13.6 Å². The molecule has 13 heavy (non-hydrogen) atoms. The summed E-state index contributed by atoms with van der Waals surface area (Å²) in [4.78, 5) is 3.93. The maximum Gasteiger partial charge on any atom is 0.133 e. The van der Waals surface area contributed by atoms with Crippen LogP contribution in [0.1, 0.15) is 12.1 Å². The zero-order chi connectivity index (χ0) is 9.52. The molecule has 0 unspecified atom stereocenters. The summed E-state index contributed by atoms with van der Waals surface area (Å²) in [5, 5.41) is 11.9. The van der Waals surface area contributed by atoms with E-state index in [2.05, 4.69) is 22.1 Å². The van der Waals surface area contributed by atoms with Crippen LogP contribution in [0.15, 0.2) is 18.3 Å². The maximum atomic E-state index is 8.95. The minimum atomic E-state index is 0.167. The van der Waals surface area contributed by atoms with Crippen LogP contribution in [-0.2, 0) is 0 Å². The van der Waals surface area contributed by atoms with Gasteiger partial charge in [-0.25, -0.2) is 4.98 Å². The highest BCUT2D eigenvalue weighted by Gasteiger charge is 1.87. The van der Waals surface area contributed by atoms with Gasteiger partial charge in [0.05, 0.1) is 6.20 Å². The highest BCUT2D eigenvalue weighted by molar-refractivity contribution is 5.30. The fraction of sp³-hybridized carbons (Fsp3) is 0.300. The van der Waals surface area contributed by atoms with E-state index in [0.717, 1.165) is 13.0 Å². The summed E-state index contributed by atoms with van der Waals surface area (Å²) < 4.78 is 0. The van der Waals surface area contributed by atoms with Gasteiger partial charge in [-0.15, -0.1) is 0 Å². The Morgan fingerprint density at radius 1 is 1.54 bits per heavy atom. The van der Waals surface area contributed by atoms with Crippen molar-refractivity contribution in [2.45, 2.75) is 6.42 Å². The van der Waals surface area contributed by atoms with E-state index < -0.39 is 0 Å². The van der Waals surface area contributed by atoms with Crippen molar-refractivity contribution in [2.24, 2.45) is 0 Å². The van der Waals surface area contributed by atoms with Gasteiger partial charge in [0.15, 0.2) is 0 Å². The second-order valence-electron chi connectivity index (χ2n) is 2.56. The van der Waals surface area contributed by atoms with Crippen LogP contribution in [0, 0.1) is 11.8 Å². The minimum Gasteiger partial charge on any atom is -0.506 e. The Morgan fingerprint density at radius 2 is 2.38 bits per heavy atom. The van der Waals surface area contributed by atoms with Crippen molar-refractivity contribution < 1.29 is 5.11 Å². The fourth-order valence-electron chi connectivity index (χ4n) is 0.801. The van der Waals surface area contributed by atoms with Crippen LogP contribution in [-0.4, -0.2) is 23.7 Å². The van der Waals surface area contributed by atoms with Crippen LogP contribution in [0.25, 0.3) is 0 Å². The van der Waals surface area contributed by atoms with Crippen LogP contribution >= 0.6 is 0 Å². The van der Waals surface area contributed by atoms with Crippen molar-refractivity contribution in [3.8, 4) is 17.6 Å². The quantitative estimate of drug-likeness (QED) is 0.516. The van der Waals surface area contributed by atoms with Crippen molar-refractivity contribution in [1.82, 2.24) is 10.3 Å². The summed E-state index contributed by atoms with van der Waals surface area (Å²) in [6.45, 7) is 0.880. The first kappa shape index (κ1) is 9.56. The number of nitrogens with one attached hydrogen (secondary N) is 1. The number of nitrogens with zero attached hydrogens (tertiary/aromatic N) is 1. The third-order valence-corrected chi connectivity index (χ3v) is 1.46. The topological polar surface area (TPSA) is 45.1 Å². The van der Waals surface area contributed by atoms with Crippen LogP contribution < -0.4 is 5.32 Å². The average Bonchev–Trinajstić information content (AvgIpc) is 2.15. The summed E-state index contributed by atoms with van der Waals surface area (Å²) in [5.74, 6) is 6.03. The van der Waals surface area contributed by atoms with Gasteiger partial charge in [0.1, 0.15) is 11.4 Å². The molecule has 0 radical (unpaired) electrons. The Balaban J connectivity index is 2.52. The predicted molar refractivity (Wildman–Crippen MR) is 51.3 cm³/mol. The van der Waals surface area contributed by atoms with Gasteiger partial charge in [0.25, 0.3) is 0 Å². The van der Waals surface area contributed by atoms with Crippen molar-refractivity contribution in [3.63, 3.8) is 0 Å². The van der Waals surface area contributed by atoms with Gasteiger partial charge in [0.2, 0.25) is 0 Å². The fourth-order valence-corrected chi connectivity index (χ4v) is 0.801. The van der Waals surface area contributed by atoms with E-state index in [4.69, 9.17) is 5.11 Å². The first-order valence-corrected chi connectivity index (χ1v) is 4.11. The van der Waals surface area contributed by atoms with E-state index in [0.29, 0.717) is 5.69 Å². The number of hydrogen-bond acceptors (Lipinski definition) is 3. The Bertz CT molecular complexity index is 308. The van der Waals surface area contributed by atoms with Gasteiger partial charge in [-0.05, 0) is 25.1 Å². The minimum absolute atomic E-state index is 0.167. The molecular formula is C10H12N2O. The second kappa shape index (κ2) is 5.18. The third kappa shape index (κ3) is 3.59. The normalized spacial score (nSPS) is 9.00. The molecule has 0 bridgehead atoms. The van der Waals surface area contributed by atoms with E-state index in [1.807, 2.05) is 7.05 Å². The number of aromatic hydroxyl groups is 1. The van der Waals surface area contributed by atoms with Gasteiger partial charge >= 0.3 is 0 Å². The molecule has 1 heterocycles. The lowest BCUT2D eigenvalue weighted by Gasteiger charge is -1.90. The summed E-state index contributed by atoms with van der Waals surface area (Å²) in [5.41, 5.74) is 0.689. The molecule has 68 valence electrons. The highest BCUT2D eigenvalue weighted by atomic mass is 16.3. The number of hydrogen-bond donors (Lipinski definition) is 2. The zero-order valence-electron chi connectivity index (χ0n) is 7.54. The predicted octanol–water partition coefficient (Wildman–Crippen LogP) is 0.748. The Morgan fingerprint density at radius 3 is 3.00 bits per heavy atom. The van der Waals surface area contributed by atoms with E-state index in [-0.39, 0.29) is 5.75 Å². The summed E-state index contributed by atoms with van der Waals surface area (Å²) in [6.07, 6.45) is 2.20. The standard InChI is InChI=1S/C10H12N2O/c1-11-7-3-2-4-9-5-6-10(13)8-12-9/h5-6,8,11,13H,3,7H2,1H3. The molecule has 1 aromatic heterocycles. The lowest BCUT2D eigenvalue weighted by molar-refractivity contribution is 0.472.